The third-order valence-corrected chi connectivity index (χ3v) is 6.16. The fraction of sp³-hybridized carbons (Fsp3) is 0.529. The van der Waals surface area contributed by atoms with Crippen molar-refractivity contribution in [1.82, 2.24) is 0 Å². The number of anilines is 1. The Hall–Kier alpha value is -1.56. The van der Waals surface area contributed by atoms with Crippen molar-refractivity contribution in [1.29, 1.82) is 0 Å². The van der Waals surface area contributed by atoms with Gasteiger partial charge < -0.3 is 5.32 Å². The molecule has 0 heterocycles. The van der Waals surface area contributed by atoms with Gasteiger partial charge in [0.15, 0.2) is 0 Å². The lowest BCUT2D eigenvalue weighted by Crippen LogP contribution is -2.46. The summed E-state index contributed by atoms with van der Waals surface area (Å²) in [5.74, 6) is -0.559. The largest absolute Gasteiger partial charge is 0.416 e. The van der Waals surface area contributed by atoms with Crippen molar-refractivity contribution < 1.29 is 22.8 Å². The number of halogens is 4. The van der Waals surface area contributed by atoms with Gasteiger partial charge in [0.25, 0.3) is 0 Å². The first-order valence-electron chi connectivity index (χ1n) is 7.71. The van der Waals surface area contributed by atoms with E-state index in [-0.39, 0.29) is 22.4 Å². The van der Waals surface area contributed by atoms with E-state index < -0.39 is 28.5 Å². The minimum Gasteiger partial charge on any atom is -0.324 e. The second-order valence-electron chi connectivity index (χ2n) is 7.14. The summed E-state index contributed by atoms with van der Waals surface area (Å²) in [5.41, 5.74) is -2.72. The number of alkyl halides is 3. The van der Waals surface area contributed by atoms with Crippen LogP contribution in [0, 0.1) is 16.7 Å². The Kier molecular flexibility index (Phi) is 3.75. The van der Waals surface area contributed by atoms with Gasteiger partial charge in [0, 0.05) is 6.42 Å². The van der Waals surface area contributed by atoms with Gasteiger partial charge in [-0.2, -0.15) is 13.2 Å². The average molecular weight is 360 g/mol. The zero-order valence-electron chi connectivity index (χ0n) is 13.3. The van der Waals surface area contributed by atoms with E-state index in [1.54, 1.807) is 0 Å². The van der Waals surface area contributed by atoms with E-state index in [2.05, 4.69) is 5.32 Å². The normalized spacial score (nSPS) is 28.2. The molecule has 2 atom stereocenters. The highest BCUT2D eigenvalue weighted by Gasteiger charge is 2.68. The first-order valence-corrected chi connectivity index (χ1v) is 8.09. The molecule has 2 bridgehead atoms. The zero-order chi connectivity index (χ0) is 17.9. The summed E-state index contributed by atoms with van der Waals surface area (Å²) in [5, 5.41) is 2.48. The first kappa shape index (κ1) is 17.3. The van der Waals surface area contributed by atoms with Gasteiger partial charge in [0.05, 0.1) is 16.3 Å². The number of hydrogen-bond acceptors (Lipinski definition) is 2. The van der Waals surface area contributed by atoms with Crippen LogP contribution in [-0.2, 0) is 15.8 Å². The molecule has 0 aliphatic heterocycles. The van der Waals surface area contributed by atoms with E-state index in [0.717, 1.165) is 24.6 Å². The summed E-state index contributed by atoms with van der Waals surface area (Å²) in [6.45, 7) is 3.76. The molecule has 1 aromatic carbocycles. The van der Waals surface area contributed by atoms with Crippen LogP contribution < -0.4 is 5.32 Å². The average Bonchev–Trinajstić information content (AvgIpc) is 2.83. The molecule has 24 heavy (non-hydrogen) atoms. The molecule has 0 radical (unpaired) electrons. The summed E-state index contributed by atoms with van der Waals surface area (Å²) in [7, 11) is 0. The van der Waals surface area contributed by atoms with Gasteiger partial charge in [-0.15, -0.1) is 0 Å². The van der Waals surface area contributed by atoms with Gasteiger partial charge in [0.2, 0.25) is 5.91 Å². The summed E-state index contributed by atoms with van der Waals surface area (Å²) >= 11 is 5.94. The molecule has 2 saturated carbocycles. The number of carbonyl (C=O) groups is 2. The zero-order valence-corrected chi connectivity index (χ0v) is 14.0. The fourth-order valence-corrected chi connectivity index (χ4v) is 4.40. The maximum Gasteiger partial charge on any atom is 0.416 e. The molecule has 0 spiro atoms. The summed E-state index contributed by atoms with van der Waals surface area (Å²) in [6.07, 6.45) is -3.01. The van der Waals surface area contributed by atoms with Gasteiger partial charge in [-0.05, 0) is 42.4 Å². The lowest BCUT2D eigenvalue weighted by molar-refractivity contribution is -0.141. The number of fused-ring (bicyclic) bond motifs is 2. The third-order valence-electron chi connectivity index (χ3n) is 5.83. The van der Waals surface area contributed by atoms with Crippen molar-refractivity contribution in [2.24, 2.45) is 16.7 Å². The predicted octanol–water partition coefficient (Wildman–Crippen LogP) is 4.69. The number of Topliss-reactive ketones (excluding diaryl/α,β-unsaturated/α-hetero) is 1. The summed E-state index contributed by atoms with van der Waals surface area (Å²) < 4.78 is 38.6. The maximum atomic E-state index is 12.9. The van der Waals surface area contributed by atoms with Crippen LogP contribution >= 0.6 is 11.6 Å². The molecule has 1 amide bonds. The van der Waals surface area contributed by atoms with E-state index in [1.165, 1.54) is 0 Å². The van der Waals surface area contributed by atoms with Crippen LogP contribution in [0.25, 0.3) is 0 Å². The van der Waals surface area contributed by atoms with E-state index in [4.69, 9.17) is 11.6 Å². The Morgan fingerprint density at radius 1 is 1.33 bits per heavy atom. The van der Waals surface area contributed by atoms with Crippen LogP contribution in [0.3, 0.4) is 0 Å². The standard InChI is InChI=1S/C17H17ClF3NO2/c1-15(2)9-5-6-16(15,13(23)8-9)14(24)22-12-7-10(17(19,20)21)3-4-11(12)18/h3-4,7,9H,5-6,8H2,1-2H3,(H,22,24)/t9-,16-/m1/s1. The van der Waals surface area contributed by atoms with E-state index in [0.29, 0.717) is 12.8 Å². The molecule has 0 saturated heterocycles. The molecule has 3 rings (SSSR count). The number of ketones is 1. The Morgan fingerprint density at radius 2 is 2.00 bits per heavy atom. The van der Waals surface area contributed by atoms with Crippen molar-refractivity contribution in [2.45, 2.75) is 39.3 Å². The number of carbonyl (C=O) groups excluding carboxylic acids is 2. The van der Waals surface area contributed by atoms with Crippen molar-refractivity contribution >= 4 is 29.0 Å². The SMILES string of the molecule is CC1(C)[C@@H]2CC[C@]1(C(=O)Nc1cc(C(F)(F)F)ccc1Cl)C(=O)C2. The topological polar surface area (TPSA) is 46.2 Å². The minimum atomic E-state index is -4.54. The molecule has 1 aromatic rings. The van der Waals surface area contributed by atoms with Crippen LogP contribution in [-0.4, -0.2) is 11.7 Å². The lowest BCUT2D eigenvalue weighted by Gasteiger charge is -2.35. The molecule has 2 aliphatic rings. The number of benzene rings is 1. The Labute approximate surface area is 142 Å². The number of hydrogen-bond donors (Lipinski definition) is 1. The Morgan fingerprint density at radius 3 is 2.50 bits per heavy atom. The maximum absolute atomic E-state index is 12.9. The van der Waals surface area contributed by atoms with Crippen LogP contribution in [0.15, 0.2) is 18.2 Å². The lowest BCUT2D eigenvalue weighted by atomic mass is 9.68. The molecule has 130 valence electrons. The summed E-state index contributed by atoms with van der Waals surface area (Å²) in [6, 6.07) is 2.75. The van der Waals surface area contributed by atoms with Crippen LogP contribution in [0.4, 0.5) is 18.9 Å². The molecule has 0 aromatic heterocycles. The van der Waals surface area contributed by atoms with Gasteiger partial charge in [-0.3, -0.25) is 9.59 Å². The Balaban J connectivity index is 1.95. The number of rotatable bonds is 2. The first-order chi connectivity index (χ1) is 11.0. The van der Waals surface area contributed by atoms with Gasteiger partial charge in [-0.1, -0.05) is 25.4 Å². The van der Waals surface area contributed by atoms with Crippen molar-refractivity contribution in [2.75, 3.05) is 5.32 Å². The number of amides is 1. The Bertz CT molecular complexity index is 729. The van der Waals surface area contributed by atoms with Gasteiger partial charge >= 0.3 is 6.18 Å². The highest BCUT2D eigenvalue weighted by Crippen LogP contribution is 2.64. The molecular weight excluding hydrogens is 343 g/mol. The second-order valence-corrected chi connectivity index (χ2v) is 7.54. The second kappa shape index (κ2) is 5.22. The van der Waals surface area contributed by atoms with Crippen LogP contribution in [0.5, 0.6) is 0 Å². The molecular formula is C17H17ClF3NO2. The van der Waals surface area contributed by atoms with Crippen molar-refractivity contribution in [3.63, 3.8) is 0 Å². The van der Waals surface area contributed by atoms with Gasteiger partial charge in [-0.25, -0.2) is 0 Å². The van der Waals surface area contributed by atoms with Gasteiger partial charge in [0.1, 0.15) is 11.2 Å². The number of nitrogens with one attached hydrogen (secondary N) is 1. The predicted molar refractivity (Wildman–Crippen MR) is 83.6 cm³/mol. The third kappa shape index (κ3) is 2.26. The van der Waals surface area contributed by atoms with E-state index >= 15 is 0 Å². The molecule has 0 unspecified atom stereocenters. The smallest absolute Gasteiger partial charge is 0.324 e. The minimum absolute atomic E-state index is 0.00514. The van der Waals surface area contributed by atoms with E-state index in [9.17, 15) is 22.8 Å². The highest BCUT2D eigenvalue weighted by atomic mass is 35.5. The van der Waals surface area contributed by atoms with Crippen molar-refractivity contribution in [3.8, 4) is 0 Å². The quantitative estimate of drug-likeness (QED) is 0.778. The van der Waals surface area contributed by atoms with Crippen LogP contribution in [0.2, 0.25) is 5.02 Å². The fourth-order valence-electron chi connectivity index (χ4n) is 4.24. The summed E-state index contributed by atoms with van der Waals surface area (Å²) in [4.78, 5) is 25.3. The molecule has 7 heteroatoms. The molecule has 3 nitrogen and oxygen atoms in total. The van der Waals surface area contributed by atoms with E-state index in [1.807, 2.05) is 13.8 Å². The monoisotopic (exact) mass is 359 g/mol. The molecule has 2 aliphatic carbocycles. The molecule has 1 N–H and O–H groups in total. The highest BCUT2D eigenvalue weighted by molar-refractivity contribution is 6.34. The van der Waals surface area contributed by atoms with Crippen molar-refractivity contribution in [3.05, 3.63) is 28.8 Å². The van der Waals surface area contributed by atoms with Crippen LogP contribution in [0.1, 0.15) is 38.7 Å². The molecule has 2 fully saturated rings.